The maximum Gasteiger partial charge on any atom is 0.307 e. The molecule has 0 N–H and O–H groups in total. The Hall–Kier alpha value is -0.790. The van der Waals surface area contributed by atoms with Crippen LogP contribution in [0.15, 0.2) is 11.8 Å². The average molecular weight is 316 g/mol. The molecule has 0 aromatic rings. The molecule has 3 fully saturated rings. The van der Waals surface area contributed by atoms with Crippen LogP contribution in [0.25, 0.3) is 0 Å². The van der Waals surface area contributed by atoms with Crippen LogP contribution in [0.3, 0.4) is 0 Å². The van der Waals surface area contributed by atoms with Crippen molar-refractivity contribution in [2.75, 3.05) is 0 Å². The Kier molecular flexibility index (Phi) is 3.66. The van der Waals surface area contributed by atoms with Gasteiger partial charge in [0.15, 0.2) is 0 Å². The largest absolute Gasteiger partial charge is 0.431 e. The third kappa shape index (κ3) is 2.23. The van der Waals surface area contributed by atoms with Crippen molar-refractivity contribution < 1.29 is 9.53 Å². The van der Waals surface area contributed by atoms with Crippen molar-refractivity contribution in [2.24, 2.45) is 34.5 Å². The molecule has 0 saturated heterocycles. The van der Waals surface area contributed by atoms with Crippen LogP contribution >= 0.6 is 0 Å². The number of ether oxygens (including phenoxy) is 1. The van der Waals surface area contributed by atoms with E-state index in [0.717, 1.165) is 29.9 Å². The van der Waals surface area contributed by atoms with Crippen molar-refractivity contribution in [3.63, 3.8) is 0 Å². The van der Waals surface area contributed by atoms with E-state index in [1.807, 2.05) is 0 Å². The van der Waals surface area contributed by atoms with E-state index < -0.39 is 0 Å². The minimum absolute atomic E-state index is 0.116. The molecule has 0 heterocycles. The molecule has 128 valence electrons. The summed E-state index contributed by atoms with van der Waals surface area (Å²) in [6.07, 6.45) is 14.6. The summed E-state index contributed by atoms with van der Waals surface area (Å²) in [5, 5.41) is 0. The van der Waals surface area contributed by atoms with Gasteiger partial charge >= 0.3 is 5.97 Å². The van der Waals surface area contributed by atoms with E-state index in [-0.39, 0.29) is 11.4 Å². The maximum absolute atomic E-state index is 11.5. The fraction of sp³-hybridized carbons (Fsp3) is 0.857. The lowest BCUT2D eigenvalue weighted by atomic mass is 9.45. The molecule has 0 aromatic carbocycles. The highest BCUT2D eigenvalue weighted by molar-refractivity contribution is 5.67. The van der Waals surface area contributed by atoms with Crippen LogP contribution in [0.2, 0.25) is 0 Å². The monoisotopic (exact) mass is 316 g/mol. The zero-order valence-electron chi connectivity index (χ0n) is 15.1. The Bertz CT molecular complexity index is 536. The Morgan fingerprint density at radius 1 is 1.09 bits per heavy atom. The van der Waals surface area contributed by atoms with Crippen molar-refractivity contribution >= 4 is 5.97 Å². The van der Waals surface area contributed by atoms with Crippen LogP contribution in [-0.4, -0.2) is 5.97 Å². The SMILES string of the molecule is CC(=O)OC1=CC[C@@H]2[C@@H]3CC[C@H]4CCCC[C@]4(C)[C@H]3CC[C@]12C. The van der Waals surface area contributed by atoms with E-state index in [9.17, 15) is 4.79 Å². The zero-order valence-corrected chi connectivity index (χ0v) is 15.1. The fourth-order valence-electron chi connectivity index (χ4n) is 7.14. The molecule has 2 nitrogen and oxygen atoms in total. The van der Waals surface area contributed by atoms with Gasteiger partial charge in [-0.15, -0.1) is 0 Å². The summed E-state index contributed by atoms with van der Waals surface area (Å²) in [5.74, 6) is 4.27. The van der Waals surface area contributed by atoms with E-state index in [2.05, 4.69) is 19.9 Å². The second-order valence-electron chi connectivity index (χ2n) is 9.26. The van der Waals surface area contributed by atoms with Crippen molar-refractivity contribution in [3.8, 4) is 0 Å². The van der Waals surface area contributed by atoms with Crippen LogP contribution in [0.1, 0.15) is 78.6 Å². The molecule has 4 aliphatic carbocycles. The van der Waals surface area contributed by atoms with E-state index in [4.69, 9.17) is 4.74 Å². The molecule has 3 saturated carbocycles. The highest BCUT2D eigenvalue weighted by atomic mass is 16.5. The van der Waals surface area contributed by atoms with E-state index in [1.54, 1.807) is 0 Å². The fourth-order valence-corrected chi connectivity index (χ4v) is 7.14. The predicted molar refractivity (Wildman–Crippen MR) is 91.6 cm³/mol. The predicted octanol–water partition coefficient (Wildman–Crippen LogP) is 5.48. The Morgan fingerprint density at radius 3 is 2.70 bits per heavy atom. The highest BCUT2D eigenvalue weighted by Gasteiger charge is 2.58. The van der Waals surface area contributed by atoms with Gasteiger partial charge in [0.2, 0.25) is 0 Å². The first-order valence-electron chi connectivity index (χ1n) is 9.84. The minimum Gasteiger partial charge on any atom is -0.431 e. The highest BCUT2D eigenvalue weighted by Crippen LogP contribution is 2.66. The van der Waals surface area contributed by atoms with E-state index in [0.29, 0.717) is 11.3 Å². The maximum atomic E-state index is 11.5. The Morgan fingerprint density at radius 2 is 1.91 bits per heavy atom. The van der Waals surface area contributed by atoms with Gasteiger partial charge < -0.3 is 4.74 Å². The van der Waals surface area contributed by atoms with Crippen LogP contribution in [0.4, 0.5) is 0 Å². The molecule has 2 heteroatoms. The first-order chi connectivity index (χ1) is 10.9. The van der Waals surface area contributed by atoms with Crippen LogP contribution in [0.5, 0.6) is 0 Å². The lowest BCUT2D eigenvalue weighted by molar-refractivity contribution is -0.142. The van der Waals surface area contributed by atoms with Crippen molar-refractivity contribution in [2.45, 2.75) is 78.6 Å². The molecule has 4 aliphatic rings. The summed E-state index contributed by atoms with van der Waals surface area (Å²) in [5.41, 5.74) is 0.706. The van der Waals surface area contributed by atoms with Crippen molar-refractivity contribution in [1.29, 1.82) is 0 Å². The van der Waals surface area contributed by atoms with Gasteiger partial charge in [0.25, 0.3) is 0 Å². The molecule has 0 bridgehead atoms. The quantitative estimate of drug-likeness (QED) is 0.599. The lowest BCUT2D eigenvalue weighted by Gasteiger charge is -2.60. The number of carbonyl (C=O) groups is 1. The van der Waals surface area contributed by atoms with E-state index >= 15 is 0 Å². The number of hydrogen-bond donors (Lipinski definition) is 0. The number of allylic oxidation sites excluding steroid dienone is 2. The second-order valence-corrected chi connectivity index (χ2v) is 9.26. The molecule has 0 unspecified atom stereocenters. The molecule has 0 aromatic heterocycles. The van der Waals surface area contributed by atoms with Gasteiger partial charge in [-0.25, -0.2) is 0 Å². The topological polar surface area (TPSA) is 26.3 Å². The molecule has 0 radical (unpaired) electrons. The minimum atomic E-state index is -0.150. The third-order valence-electron chi connectivity index (χ3n) is 8.35. The summed E-state index contributed by atoms with van der Waals surface area (Å²) in [4.78, 5) is 11.5. The smallest absolute Gasteiger partial charge is 0.307 e. The summed E-state index contributed by atoms with van der Waals surface area (Å²) >= 11 is 0. The van der Waals surface area contributed by atoms with Gasteiger partial charge in [-0.05, 0) is 80.1 Å². The van der Waals surface area contributed by atoms with Crippen molar-refractivity contribution in [3.05, 3.63) is 11.8 Å². The van der Waals surface area contributed by atoms with Crippen molar-refractivity contribution in [1.82, 2.24) is 0 Å². The number of fused-ring (bicyclic) bond motifs is 5. The standard InChI is InChI=1S/C21H32O2/c1-14(22)23-19-10-9-17-16-8-7-15-6-4-5-12-20(15,2)18(16)11-13-21(17,19)3/h10,15-18H,4-9,11-13H2,1-3H3/t15-,16+,17-,18+,20+,21+/m1/s1. The Balaban J connectivity index is 1.60. The first-order valence-corrected chi connectivity index (χ1v) is 9.84. The second kappa shape index (κ2) is 5.36. The summed E-state index contributed by atoms with van der Waals surface area (Å²) < 4.78 is 5.62. The molecule has 0 aliphatic heterocycles. The summed E-state index contributed by atoms with van der Waals surface area (Å²) in [7, 11) is 0. The molecule has 23 heavy (non-hydrogen) atoms. The van der Waals surface area contributed by atoms with Gasteiger partial charge in [0, 0.05) is 12.3 Å². The third-order valence-corrected chi connectivity index (χ3v) is 8.35. The lowest BCUT2D eigenvalue weighted by Crippen LogP contribution is -2.52. The molecule has 4 rings (SSSR count). The van der Waals surface area contributed by atoms with Gasteiger partial charge in [-0.2, -0.15) is 0 Å². The van der Waals surface area contributed by atoms with Gasteiger partial charge in [-0.3, -0.25) is 4.79 Å². The van der Waals surface area contributed by atoms with E-state index in [1.165, 1.54) is 58.3 Å². The number of rotatable bonds is 1. The zero-order chi connectivity index (χ0) is 16.2. The molecular weight excluding hydrogens is 284 g/mol. The number of carbonyl (C=O) groups excluding carboxylic acids is 1. The molecular formula is C21H32O2. The van der Waals surface area contributed by atoms with Crippen LogP contribution in [0, 0.1) is 34.5 Å². The summed E-state index contributed by atoms with van der Waals surface area (Å²) in [6, 6.07) is 0. The molecule has 0 amide bonds. The molecule has 0 spiro atoms. The summed E-state index contributed by atoms with van der Waals surface area (Å²) in [6.45, 7) is 6.52. The van der Waals surface area contributed by atoms with Gasteiger partial charge in [0.1, 0.15) is 5.76 Å². The Labute approximate surface area is 141 Å². The number of hydrogen-bond acceptors (Lipinski definition) is 2. The van der Waals surface area contributed by atoms with Gasteiger partial charge in [0.05, 0.1) is 0 Å². The van der Waals surface area contributed by atoms with Crippen LogP contribution in [-0.2, 0) is 9.53 Å². The average Bonchev–Trinajstić information content (AvgIpc) is 2.83. The van der Waals surface area contributed by atoms with Gasteiger partial charge in [-0.1, -0.05) is 26.7 Å². The number of esters is 1. The first kappa shape index (κ1) is 15.7. The normalized spacial score (nSPS) is 48.7. The molecule has 6 atom stereocenters. The van der Waals surface area contributed by atoms with Crippen LogP contribution < -0.4 is 0 Å².